The SMILES string of the molecule is Cc1cc(SCC(=O)N2CCN(c3cc[nH+]cc3)CC2)c(C)cc1Br. The van der Waals surface area contributed by atoms with Crippen LogP contribution in [0.15, 0.2) is 46.0 Å². The van der Waals surface area contributed by atoms with E-state index >= 15 is 0 Å². The fourth-order valence-corrected chi connectivity index (χ4v) is 4.41. The van der Waals surface area contributed by atoms with E-state index in [1.54, 1.807) is 11.8 Å². The molecule has 1 aliphatic heterocycles. The molecule has 1 aliphatic rings. The highest BCUT2D eigenvalue weighted by molar-refractivity contribution is 9.10. The van der Waals surface area contributed by atoms with Gasteiger partial charge in [0.2, 0.25) is 5.91 Å². The first-order valence-electron chi connectivity index (χ1n) is 8.43. The second-order valence-corrected chi connectivity index (χ2v) is 8.15. The summed E-state index contributed by atoms with van der Waals surface area (Å²) in [6.45, 7) is 7.52. The van der Waals surface area contributed by atoms with Gasteiger partial charge in [0.25, 0.3) is 0 Å². The maximum absolute atomic E-state index is 12.6. The first-order chi connectivity index (χ1) is 12.0. The Kier molecular flexibility index (Phi) is 6.02. The maximum Gasteiger partial charge on any atom is 0.233 e. The van der Waals surface area contributed by atoms with E-state index in [0.29, 0.717) is 5.75 Å². The third-order valence-corrected chi connectivity index (χ3v) is 6.50. The predicted octanol–water partition coefficient (Wildman–Crippen LogP) is 3.32. The van der Waals surface area contributed by atoms with E-state index in [-0.39, 0.29) is 5.91 Å². The summed E-state index contributed by atoms with van der Waals surface area (Å²) >= 11 is 5.20. The standard InChI is InChI=1S/C19H22BrN3OS/c1-14-12-18(15(2)11-17(14)20)25-13-19(24)23-9-7-22(8-10-23)16-3-5-21-6-4-16/h3-6,11-12H,7-10,13H2,1-2H3/p+1. The first-order valence-corrected chi connectivity index (χ1v) is 10.2. The van der Waals surface area contributed by atoms with Crippen LogP contribution in [0, 0.1) is 13.8 Å². The molecule has 25 heavy (non-hydrogen) atoms. The molecule has 0 saturated carbocycles. The molecule has 2 aromatic rings. The Bertz CT molecular complexity index is 746. The Morgan fingerprint density at radius 3 is 2.48 bits per heavy atom. The van der Waals surface area contributed by atoms with Gasteiger partial charge in [0.1, 0.15) is 0 Å². The largest absolute Gasteiger partial charge is 0.368 e. The normalized spacial score (nSPS) is 14.7. The van der Waals surface area contributed by atoms with Gasteiger partial charge in [-0.2, -0.15) is 0 Å². The van der Waals surface area contributed by atoms with Crippen LogP contribution >= 0.6 is 27.7 Å². The second-order valence-electron chi connectivity index (χ2n) is 6.28. The van der Waals surface area contributed by atoms with Gasteiger partial charge in [-0.15, -0.1) is 11.8 Å². The number of hydrogen-bond donors (Lipinski definition) is 0. The van der Waals surface area contributed by atoms with Gasteiger partial charge in [-0.25, -0.2) is 4.98 Å². The summed E-state index contributed by atoms with van der Waals surface area (Å²) in [6.07, 6.45) is 3.87. The molecular formula is C19H23BrN3OS+. The van der Waals surface area contributed by atoms with E-state index < -0.39 is 0 Å². The zero-order valence-corrected chi connectivity index (χ0v) is 17.0. The van der Waals surface area contributed by atoms with Crippen LogP contribution in [-0.2, 0) is 4.79 Å². The van der Waals surface area contributed by atoms with E-state index in [1.165, 1.54) is 21.7 Å². The minimum Gasteiger partial charge on any atom is -0.368 e. The Morgan fingerprint density at radius 2 is 1.80 bits per heavy atom. The molecule has 1 N–H and O–H groups in total. The van der Waals surface area contributed by atoms with Crippen molar-refractivity contribution < 1.29 is 9.78 Å². The summed E-state index contributed by atoms with van der Waals surface area (Å²) in [7, 11) is 0. The number of carbonyl (C=O) groups excluding carboxylic acids is 1. The summed E-state index contributed by atoms with van der Waals surface area (Å²) in [5.41, 5.74) is 3.62. The number of carbonyl (C=O) groups is 1. The number of aromatic nitrogens is 1. The van der Waals surface area contributed by atoms with Gasteiger partial charge in [0.15, 0.2) is 12.4 Å². The minimum absolute atomic E-state index is 0.228. The molecule has 3 rings (SSSR count). The summed E-state index contributed by atoms with van der Waals surface area (Å²) in [5, 5.41) is 0. The minimum atomic E-state index is 0.228. The molecular weight excluding hydrogens is 398 g/mol. The molecule has 1 aromatic carbocycles. The van der Waals surface area contributed by atoms with E-state index in [2.05, 4.69) is 63.9 Å². The van der Waals surface area contributed by atoms with Crippen molar-refractivity contribution in [1.29, 1.82) is 0 Å². The van der Waals surface area contributed by atoms with Gasteiger partial charge in [-0.05, 0) is 37.1 Å². The highest BCUT2D eigenvalue weighted by Gasteiger charge is 2.21. The molecule has 6 heteroatoms. The van der Waals surface area contributed by atoms with E-state index in [4.69, 9.17) is 0 Å². The summed E-state index contributed by atoms with van der Waals surface area (Å²) < 4.78 is 1.12. The van der Waals surface area contributed by atoms with Crippen LogP contribution in [0.5, 0.6) is 0 Å². The van der Waals surface area contributed by atoms with Gasteiger partial charge in [0.05, 0.1) is 5.75 Å². The number of piperazine rings is 1. The van der Waals surface area contributed by atoms with E-state index in [1.807, 2.05) is 17.3 Å². The summed E-state index contributed by atoms with van der Waals surface area (Å²) in [5.74, 6) is 0.730. The van der Waals surface area contributed by atoms with Crippen molar-refractivity contribution in [1.82, 2.24) is 4.90 Å². The molecule has 132 valence electrons. The number of aryl methyl sites for hydroxylation is 2. The van der Waals surface area contributed by atoms with E-state index in [9.17, 15) is 4.79 Å². The zero-order valence-electron chi connectivity index (χ0n) is 14.6. The van der Waals surface area contributed by atoms with Crippen LogP contribution in [0.2, 0.25) is 0 Å². The number of benzene rings is 1. The first kappa shape index (κ1) is 18.3. The Balaban J connectivity index is 1.52. The van der Waals surface area contributed by atoms with Crippen molar-refractivity contribution in [2.75, 3.05) is 36.8 Å². The second kappa shape index (κ2) is 8.23. The lowest BCUT2D eigenvalue weighted by molar-refractivity contribution is -0.377. The number of hydrogen-bond acceptors (Lipinski definition) is 3. The van der Waals surface area contributed by atoms with Crippen LogP contribution in [0.4, 0.5) is 5.69 Å². The number of aromatic amines is 1. The molecule has 0 aliphatic carbocycles. The Labute approximate surface area is 161 Å². The number of anilines is 1. The van der Waals surface area contributed by atoms with Crippen LogP contribution in [0.1, 0.15) is 11.1 Å². The highest BCUT2D eigenvalue weighted by atomic mass is 79.9. The molecule has 1 saturated heterocycles. The Hall–Kier alpha value is -1.53. The third kappa shape index (κ3) is 4.55. The zero-order chi connectivity index (χ0) is 17.8. The average molecular weight is 421 g/mol. The van der Waals surface area contributed by atoms with Crippen molar-refractivity contribution in [3.63, 3.8) is 0 Å². The Morgan fingerprint density at radius 1 is 1.12 bits per heavy atom. The summed E-state index contributed by atoms with van der Waals surface area (Å²) in [4.78, 5) is 21.1. The van der Waals surface area contributed by atoms with Crippen LogP contribution < -0.4 is 9.88 Å². The topological polar surface area (TPSA) is 37.7 Å². The quantitative estimate of drug-likeness (QED) is 0.711. The lowest BCUT2D eigenvalue weighted by atomic mass is 10.2. The molecule has 2 heterocycles. The number of rotatable bonds is 4. The van der Waals surface area contributed by atoms with Crippen molar-refractivity contribution in [2.45, 2.75) is 18.7 Å². The number of amides is 1. The number of halogens is 1. The van der Waals surface area contributed by atoms with Crippen LogP contribution in [-0.4, -0.2) is 42.7 Å². The fourth-order valence-electron chi connectivity index (χ4n) is 2.94. The molecule has 0 spiro atoms. The molecule has 0 radical (unpaired) electrons. The molecule has 1 amide bonds. The molecule has 0 bridgehead atoms. The average Bonchev–Trinajstić information content (AvgIpc) is 2.64. The van der Waals surface area contributed by atoms with Gasteiger partial charge in [-0.1, -0.05) is 15.9 Å². The lowest BCUT2D eigenvalue weighted by Crippen LogP contribution is -2.49. The van der Waals surface area contributed by atoms with Crippen molar-refractivity contribution in [2.24, 2.45) is 0 Å². The number of nitrogens with zero attached hydrogens (tertiary/aromatic N) is 2. The molecule has 0 atom stereocenters. The molecule has 4 nitrogen and oxygen atoms in total. The van der Waals surface area contributed by atoms with Crippen LogP contribution in [0.3, 0.4) is 0 Å². The monoisotopic (exact) mass is 420 g/mol. The summed E-state index contributed by atoms with van der Waals surface area (Å²) in [6, 6.07) is 8.43. The number of H-pyrrole nitrogens is 1. The van der Waals surface area contributed by atoms with Gasteiger partial charge >= 0.3 is 0 Å². The molecule has 1 fully saturated rings. The van der Waals surface area contributed by atoms with Crippen LogP contribution in [0.25, 0.3) is 0 Å². The smallest absolute Gasteiger partial charge is 0.233 e. The highest BCUT2D eigenvalue weighted by Crippen LogP contribution is 2.28. The maximum atomic E-state index is 12.6. The lowest BCUT2D eigenvalue weighted by Gasteiger charge is -2.35. The van der Waals surface area contributed by atoms with Crippen molar-refractivity contribution in [3.05, 3.63) is 52.3 Å². The fraction of sp³-hybridized carbons (Fsp3) is 0.368. The van der Waals surface area contributed by atoms with E-state index in [0.717, 1.165) is 30.7 Å². The predicted molar refractivity (Wildman–Crippen MR) is 106 cm³/mol. The number of pyridine rings is 1. The van der Waals surface area contributed by atoms with Gasteiger partial charge < -0.3 is 9.80 Å². The van der Waals surface area contributed by atoms with Crippen molar-refractivity contribution in [3.8, 4) is 0 Å². The third-order valence-electron chi connectivity index (χ3n) is 4.51. The number of nitrogens with one attached hydrogen (secondary N) is 1. The van der Waals surface area contributed by atoms with Gasteiger partial charge in [-0.3, -0.25) is 4.79 Å². The van der Waals surface area contributed by atoms with Crippen molar-refractivity contribution >= 4 is 39.3 Å². The molecule has 0 unspecified atom stereocenters. The molecule has 1 aromatic heterocycles. The number of thioether (sulfide) groups is 1. The van der Waals surface area contributed by atoms with Gasteiger partial charge in [0, 0.05) is 53.4 Å².